The van der Waals surface area contributed by atoms with E-state index in [4.69, 9.17) is 10.8 Å². The van der Waals surface area contributed by atoms with E-state index in [1.165, 1.54) is 0 Å². The van der Waals surface area contributed by atoms with Crippen molar-refractivity contribution in [2.75, 3.05) is 5.73 Å². The molecule has 0 saturated carbocycles. The molecule has 0 atom stereocenters. The minimum atomic E-state index is 0. The number of para-hydroxylation sites is 2. The second-order valence-corrected chi connectivity index (χ2v) is 1.56. The van der Waals surface area contributed by atoms with Gasteiger partial charge in [-0.2, -0.15) is 0 Å². The standard InChI is InChI=1S/C6H7NO.Ca.2H/c7-5-3-1-2-4-6(5)8;;;/h1-4,8H,7H2;;;. The van der Waals surface area contributed by atoms with Crippen molar-refractivity contribution in [1.82, 2.24) is 0 Å². The maximum atomic E-state index is 8.79. The molecule has 0 bridgehead atoms. The van der Waals surface area contributed by atoms with Gasteiger partial charge in [-0.3, -0.25) is 0 Å². The van der Waals surface area contributed by atoms with Crippen molar-refractivity contribution < 1.29 is 5.11 Å². The predicted molar refractivity (Wildman–Crippen MR) is 41.1 cm³/mol. The minimum absolute atomic E-state index is 0. The topological polar surface area (TPSA) is 46.2 Å². The van der Waals surface area contributed by atoms with Gasteiger partial charge in [-0.25, -0.2) is 0 Å². The van der Waals surface area contributed by atoms with Crippen molar-refractivity contribution >= 4 is 43.4 Å². The van der Waals surface area contributed by atoms with Crippen molar-refractivity contribution in [1.29, 1.82) is 0 Å². The van der Waals surface area contributed by atoms with Crippen molar-refractivity contribution in [2.24, 2.45) is 0 Å². The number of benzene rings is 1. The fourth-order valence-corrected chi connectivity index (χ4v) is 0.488. The van der Waals surface area contributed by atoms with Crippen LogP contribution >= 0.6 is 0 Å². The van der Waals surface area contributed by atoms with E-state index in [1.807, 2.05) is 0 Å². The van der Waals surface area contributed by atoms with Crippen LogP contribution in [0.15, 0.2) is 24.3 Å². The third-order valence-electron chi connectivity index (χ3n) is 0.937. The summed E-state index contributed by atoms with van der Waals surface area (Å²) < 4.78 is 0. The number of hydrogen-bond donors (Lipinski definition) is 2. The van der Waals surface area contributed by atoms with Crippen LogP contribution < -0.4 is 5.73 Å². The van der Waals surface area contributed by atoms with Gasteiger partial charge in [0.15, 0.2) is 0 Å². The molecule has 2 nitrogen and oxygen atoms in total. The van der Waals surface area contributed by atoms with Crippen molar-refractivity contribution in [2.45, 2.75) is 0 Å². The molecule has 0 heterocycles. The Morgan fingerprint density at radius 2 is 1.78 bits per heavy atom. The fraction of sp³-hybridized carbons (Fsp3) is 0. The normalized spacial score (nSPS) is 8.00. The third kappa shape index (κ3) is 2.43. The molecule has 1 rings (SSSR count). The second kappa shape index (κ2) is 3.99. The van der Waals surface area contributed by atoms with E-state index in [1.54, 1.807) is 24.3 Å². The summed E-state index contributed by atoms with van der Waals surface area (Å²) in [5, 5.41) is 8.79. The number of phenolic OH excluding ortho intramolecular Hbond substituents is 1. The fourth-order valence-electron chi connectivity index (χ4n) is 0.488. The maximum absolute atomic E-state index is 8.79. The third-order valence-corrected chi connectivity index (χ3v) is 0.937. The molecule has 0 aliphatic heterocycles. The molecule has 0 unspecified atom stereocenters. The molecule has 9 heavy (non-hydrogen) atoms. The van der Waals surface area contributed by atoms with E-state index in [9.17, 15) is 0 Å². The van der Waals surface area contributed by atoms with Crippen molar-refractivity contribution in [3.63, 3.8) is 0 Å². The molecule has 3 heteroatoms. The van der Waals surface area contributed by atoms with Crippen LogP contribution in [0.4, 0.5) is 5.69 Å². The van der Waals surface area contributed by atoms with E-state index in [-0.39, 0.29) is 43.5 Å². The van der Waals surface area contributed by atoms with Gasteiger partial charge >= 0.3 is 37.7 Å². The summed E-state index contributed by atoms with van der Waals surface area (Å²) in [7, 11) is 0. The second-order valence-electron chi connectivity index (χ2n) is 1.56. The van der Waals surface area contributed by atoms with Gasteiger partial charge in [-0.15, -0.1) is 0 Å². The molecule has 0 aliphatic rings. The van der Waals surface area contributed by atoms with Gasteiger partial charge in [0.2, 0.25) is 0 Å². The molecule has 0 saturated heterocycles. The van der Waals surface area contributed by atoms with Gasteiger partial charge in [0.25, 0.3) is 0 Å². The Morgan fingerprint density at radius 1 is 1.22 bits per heavy atom. The Hall–Kier alpha value is 0.0797. The van der Waals surface area contributed by atoms with Gasteiger partial charge in [0.1, 0.15) is 5.75 Å². The number of rotatable bonds is 0. The molecule has 0 aliphatic carbocycles. The molecule has 0 amide bonds. The number of hydrogen-bond acceptors (Lipinski definition) is 2. The van der Waals surface area contributed by atoms with E-state index in [0.29, 0.717) is 5.69 Å². The van der Waals surface area contributed by atoms with Crippen molar-refractivity contribution in [3.8, 4) is 5.75 Å². The van der Waals surface area contributed by atoms with E-state index in [0.717, 1.165) is 0 Å². The summed E-state index contributed by atoms with van der Waals surface area (Å²) >= 11 is 0. The van der Waals surface area contributed by atoms with Gasteiger partial charge < -0.3 is 10.8 Å². The van der Waals surface area contributed by atoms with Crippen LogP contribution in [-0.2, 0) is 0 Å². The first-order valence-electron chi connectivity index (χ1n) is 2.34. The molecule has 0 fully saturated rings. The van der Waals surface area contributed by atoms with E-state index in [2.05, 4.69) is 0 Å². The van der Waals surface area contributed by atoms with E-state index >= 15 is 0 Å². The number of phenols is 1. The molecule has 3 N–H and O–H groups in total. The van der Waals surface area contributed by atoms with Crippen LogP contribution in [0.1, 0.15) is 0 Å². The molecule has 46 valence electrons. The zero-order valence-electron chi connectivity index (χ0n) is 4.33. The SMILES string of the molecule is Nc1ccccc1O.[CaH2]. The number of aromatic hydroxyl groups is 1. The summed E-state index contributed by atoms with van der Waals surface area (Å²) in [6.07, 6.45) is 0. The number of anilines is 1. The molecular weight excluding hydrogens is 142 g/mol. The Balaban J connectivity index is 0.000000640. The molecular formula is C6H9CaNO. The van der Waals surface area contributed by atoms with Crippen LogP contribution in [0.2, 0.25) is 0 Å². The molecule has 0 aromatic heterocycles. The van der Waals surface area contributed by atoms with E-state index < -0.39 is 0 Å². The van der Waals surface area contributed by atoms with Gasteiger partial charge in [0.05, 0.1) is 5.69 Å². The first-order valence-corrected chi connectivity index (χ1v) is 2.34. The van der Waals surface area contributed by atoms with Gasteiger partial charge in [-0.05, 0) is 12.1 Å². The van der Waals surface area contributed by atoms with Crippen LogP contribution in [0.3, 0.4) is 0 Å². The summed E-state index contributed by atoms with van der Waals surface area (Å²) in [6, 6.07) is 6.70. The first kappa shape index (κ1) is 9.08. The Morgan fingerprint density at radius 3 is 2.11 bits per heavy atom. The quantitative estimate of drug-likeness (QED) is 0.313. The Labute approximate surface area is 83.7 Å². The average molecular weight is 151 g/mol. The van der Waals surface area contributed by atoms with Crippen LogP contribution in [-0.4, -0.2) is 42.8 Å². The summed E-state index contributed by atoms with van der Waals surface area (Å²) in [6.45, 7) is 0. The molecule has 1 aromatic carbocycles. The summed E-state index contributed by atoms with van der Waals surface area (Å²) in [5.41, 5.74) is 5.69. The van der Waals surface area contributed by atoms with Crippen LogP contribution in [0.25, 0.3) is 0 Å². The van der Waals surface area contributed by atoms with Crippen LogP contribution in [0.5, 0.6) is 5.75 Å². The van der Waals surface area contributed by atoms with Crippen LogP contribution in [0, 0.1) is 0 Å². The summed E-state index contributed by atoms with van der Waals surface area (Å²) in [4.78, 5) is 0. The van der Waals surface area contributed by atoms with Gasteiger partial charge in [0, 0.05) is 0 Å². The van der Waals surface area contributed by atoms with Crippen molar-refractivity contribution in [3.05, 3.63) is 24.3 Å². The molecule has 0 spiro atoms. The molecule has 1 aromatic rings. The summed E-state index contributed by atoms with van der Waals surface area (Å²) in [5.74, 6) is 0.146. The monoisotopic (exact) mass is 151 g/mol. The Kier molecular flexibility index (Phi) is 4.02. The van der Waals surface area contributed by atoms with Gasteiger partial charge in [-0.1, -0.05) is 12.1 Å². The number of nitrogens with two attached hydrogens (primary N) is 1. The zero-order valence-corrected chi connectivity index (χ0v) is 4.33. The number of nitrogen functional groups attached to an aromatic ring is 1. The first-order chi connectivity index (χ1) is 3.80. The Bertz CT molecular complexity index is 169. The average Bonchev–Trinajstić information content (AvgIpc) is 1.77. The zero-order chi connectivity index (χ0) is 5.98. The molecule has 0 radical (unpaired) electrons. The predicted octanol–water partition coefficient (Wildman–Crippen LogP) is 0.0582.